The van der Waals surface area contributed by atoms with Gasteiger partial charge in [-0.3, -0.25) is 0 Å². The summed E-state index contributed by atoms with van der Waals surface area (Å²) in [5, 5.41) is 3.54. The van der Waals surface area contributed by atoms with E-state index in [0.717, 1.165) is 25.1 Å². The largest absolute Gasteiger partial charge is 0.308 e. The Kier molecular flexibility index (Phi) is 5.28. The average molecular weight is 326 g/mol. The van der Waals surface area contributed by atoms with E-state index < -0.39 is 0 Å². The molecule has 0 saturated carbocycles. The lowest BCUT2D eigenvalue weighted by Crippen LogP contribution is -2.24. The van der Waals surface area contributed by atoms with E-state index in [1.807, 2.05) is 6.07 Å². The maximum absolute atomic E-state index is 4.35. The van der Waals surface area contributed by atoms with Gasteiger partial charge in [0.2, 0.25) is 0 Å². The number of aromatic nitrogens is 2. The lowest BCUT2D eigenvalue weighted by molar-refractivity contribution is 0.519. The van der Waals surface area contributed by atoms with Crippen LogP contribution in [0.3, 0.4) is 0 Å². The van der Waals surface area contributed by atoms with Crippen LogP contribution < -0.4 is 5.32 Å². The number of rotatable bonds is 6. The predicted molar refractivity (Wildman–Crippen MR) is 78.8 cm³/mol. The second kappa shape index (κ2) is 6.97. The molecule has 2 heterocycles. The lowest BCUT2D eigenvalue weighted by Gasteiger charge is -2.16. The summed E-state index contributed by atoms with van der Waals surface area (Å²) in [4.78, 5) is 9.69. The summed E-state index contributed by atoms with van der Waals surface area (Å²) in [6.45, 7) is 3.17. The number of hydrogen-bond donors (Lipinski definition) is 1. The molecule has 0 aliphatic heterocycles. The Morgan fingerprint density at radius 2 is 2.28 bits per heavy atom. The fraction of sp³-hybridized carbons (Fsp3) is 0.385. The Morgan fingerprint density at radius 3 is 2.89 bits per heavy atom. The Hall–Kier alpha value is -0.780. The first-order chi connectivity index (χ1) is 8.79. The highest BCUT2D eigenvalue weighted by Crippen LogP contribution is 2.26. The predicted octanol–water partition coefficient (Wildman–Crippen LogP) is 3.58. The van der Waals surface area contributed by atoms with E-state index in [-0.39, 0.29) is 6.04 Å². The minimum atomic E-state index is 0.262. The molecule has 0 fully saturated rings. The van der Waals surface area contributed by atoms with Gasteiger partial charge in [-0.1, -0.05) is 6.92 Å². The number of hydrogen-bond acceptors (Lipinski definition) is 4. The number of nitrogens with one attached hydrogen (secondary N) is 1. The second-order valence-corrected chi connectivity index (χ2v) is 6.60. The van der Waals surface area contributed by atoms with E-state index in [2.05, 4.69) is 50.3 Å². The van der Waals surface area contributed by atoms with Gasteiger partial charge in [0, 0.05) is 17.5 Å². The third-order valence-electron chi connectivity index (χ3n) is 2.64. The van der Waals surface area contributed by atoms with Crippen molar-refractivity contribution in [1.82, 2.24) is 15.3 Å². The molecular formula is C13H16BrN3S. The van der Waals surface area contributed by atoms with E-state index in [0.29, 0.717) is 0 Å². The van der Waals surface area contributed by atoms with E-state index in [9.17, 15) is 0 Å². The van der Waals surface area contributed by atoms with Gasteiger partial charge in [0.05, 0.1) is 15.5 Å². The van der Waals surface area contributed by atoms with Crippen molar-refractivity contribution in [2.45, 2.75) is 25.8 Å². The molecule has 0 amide bonds. The van der Waals surface area contributed by atoms with Crippen molar-refractivity contribution >= 4 is 27.3 Å². The summed E-state index contributed by atoms with van der Waals surface area (Å²) >= 11 is 5.28. The minimum Gasteiger partial charge on any atom is -0.308 e. The third kappa shape index (κ3) is 3.86. The van der Waals surface area contributed by atoms with Crippen LogP contribution in [0.15, 0.2) is 34.5 Å². The Labute approximate surface area is 120 Å². The Balaban J connectivity index is 2.10. The van der Waals surface area contributed by atoms with Crippen molar-refractivity contribution in [2.24, 2.45) is 0 Å². The van der Waals surface area contributed by atoms with Gasteiger partial charge in [0.25, 0.3) is 0 Å². The van der Waals surface area contributed by atoms with E-state index in [1.54, 1.807) is 23.9 Å². The topological polar surface area (TPSA) is 37.8 Å². The van der Waals surface area contributed by atoms with Crippen LogP contribution in [-0.4, -0.2) is 16.5 Å². The first kappa shape index (κ1) is 13.6. The molecule has 1 unspecified atom stereocenters. The highest BCUT2D eigenvalue weighted by molar-refractivity contribution is 9.11. The van der Waals surface area contributed by atoms with E-state index in [4.69, 9.17) is 0 Å². The molecule has 0 saturated heterocycles. The zero-order chi connectivity index (χ0) is 12.8. The molecule has 1 atom stereocenters. The van der Waals surface area contributed by atoms with Crippen molar-refractivity contribution in [3.63, 3.8) is 0 Å². The van der Waals surface area contributed by atoms with Crippen molar-refractivity contribution < 1.29 is 0 Å². The van der Waals surface area contributed by atoms with Crippen LogP contribution in [0.4, 0.5) is 0 Å². The first-order valence-corrected chi connectivity index (χ1v) is 7.64. The summed E-state index contributed by atoms with van der Waals surface area (Å²) in [5.41, 5.74) is 1.06. The zero-order valence-electron chi connectivity index (χ0n) is 10.3. The van der Waals surface area contributed by atoms with Crippen molar-refractivity contribution in [1.29, 1.82) is 0 Å². The van der Waals surface area contributed by atoms with Gasteiger partial charge in [0.15, 0.2) is 0 Å². The van der Waals surface area contributed by atoms with Crippen LogP contribution in [0.1, 0.15) is 30.0 Å². The Bertz CT molecular complexity index is 472. The summed E-state index contributed by atoms with van der Waals surface area (Å²) < 4.78 is 1.18. The van der Waals surface area contributed by atoms with Crippen molar-refractivity contribution in [3.05, 3.63) is 45.1 Å². The molecule has 2 aromatic rings. The van der Waals surface area contributed by atoms with Crippen molar-refractivity contribution in [2.75, 3.05) is 6.54 Å². The van der Waals surface area contributed by atoms with Crippen LogP contribution in [0.2, 0.25) is 0 Å². The lowest BCUT2D eigenvalue weighted by atomic mass is 10.1. The highest BCUT2D eigenvalue weighted by Gasteiger charge is 2.13. The maximum atomic E-state index is 4.35. The Morgan fingerprint density at radius 1 is 1.39 bits per heavy atom. The monoisotopic (exact) mass is 325 g/mol. The smallest absolute Gasteiger partial charge is 0.115 e. The zero-order valence-corrected chi connectivity index (χ0v) is 12.7. The van der Waals surface area contributed by atoms with E-state index in [1.165, 1.54) is 8.66 Å². The third-order valence-corrected chi connectivity index (χ3v) is 4.28. The molecule has 2 rings (SSSR count). The molecule has 0 aliphatic rings. The van der Waals surface area contributed by atoms with Crippen LogP contribution >= 0.6 is 27.3 Å². The quantitative estimate of drug-likeness (QED) is 0.882. The first-order valence-electron chi connectivity index (χ1n) is 6.03. The molecule has 0 radical (unpaired) electrons. The molecule has 2 aromatic heterocycles. The summed E-state index contributed by atoms with van der Waals surface area (Å²) in [5.74, 6) is 0. The SMILES string of the molecule is CCCNC(Cc1ccc(Br)s1)c1ccncn1. The summed E-state index contributed by atoms with van der Waals surface area (Å²) in [7, 11) is 0. The highest BCUT2D eigenvalue weighted by atomic mass is 79.9. The molecule has 1 N–H and O–H groups in total. The van der Waals surface area contributed by atoms with E-state index >= 15 is 0 Å². The minimum absolute atomic E-state index is 0.262. The van der Waals surface area contributed by atoms with Gasteiger partial charge in [-0.05, 0) is 47.1 Å². The second-order valence-electron chi connectivity index (χ2n) is 4.05. The molecule has 0 bridgehead atoms. The number of halogens is 1. The molecule has 0 aliphatic carbocycles. The molecule has 0 spiro atoms. The average Bonchev–Trinajstić information content (AvgIpc) is 2.81. The fourth-order valence-electron chi connectivity index (χ4n) is 1.77. The molecule has 96 valence electrons. The van der Waals surface area contributed by atoms with Crippen molar-refractivity contribution in [3.8, 4) is 0 Å². The maximum Gasteiger partial charge on any atom is 0.115 e. The molecular weight excluding hydrogens is 310 g/mol. The van der Waals surface area contributed by atoms with Crippen LogP contribution in [-0.2, 0) is 6.42 Å². The van der Waals surface area contributed by atoms with Crippen LogP contribution in [0.25, 0.3) is 0 Å². The fourth-order valence-corrected chi connectivity index (χ4v) is 3.30. The summed E-state index contributed by atoms with van der Waals surface area (Å²) in [6.07, 6.45) is 5.50. The van der Waals surface area contributed by atoms with Gasteiger partial charge >= 0.3 is 0 Å². The van der Waals surface area contributed by atoms with Gasteiger partial charge in [0.1, 0.15) is 6.33 Å². The van der Waals surface area contributed by atoms with Gasteiger partial charge in [-0.25, -0.2) is 9.97 Å². The molecule has 18 heavy (non-hydrogen) atoms. The van der Waals surface area contributed by atoms with Gasteiger partial charge in [-0.15, -0.1) is 11.3 Å². The van der Waals surface area contributed by atoms with Gasteiger partial charge < -0.3 is 5.32 Å². The van der Waals surface area contributed by atoms with Gasteiger partial charge in [-0.2, -0.15) is 0 Å². The molecule has 5 heteroatoms. The normalized spacial score (nSPS) is 12.6. The number of nitrogens with zero attached hydrogens (tertiary/aromatic N) is 2. The molecule has 3 nitrogen and oxygen atoms in total. The van der Waals surface area contributed by atoms with Crippen LogP contribution in [0.5, 0.6) is 0 Å². The standard InChI is InChI=1S/C13H16BrN3S/c1-2-6-16-12(11-5-7-15-9-17-11)8-10-3-4-13(14)18-10/h3-5,7,9,12,16H,2,6,8H2,1H3. The summed E-state index contributed by atoms with van der Waals surface area (Å²) in [6, 6.07) is 6.50. The van der Waals surface area contributed by atoms with Crippen LogP contribution in [0, 0.1) is 0 Å². The number of thiophene rings is 1. The molecule has 0 aromatic carbocycles.